The Morgan fingerprint density at radius 3 is 2.71 bits per heavy atom. The SMILES string of the molecule is CCn1ncc(Cl)c1CN(C)C(=O)c1ccn(COc2ccc(Cl)cc2Cl)n1. The zero-order valence-electron chi connectivity index (χ0n) is 15.3. The molecule has 0 aliphatic rings. The fraction of sp³-hybridized carbons (Fsp3) is 0.278. The molecule has 0 fully saturated rings. The van der Waals surface area contributed by atoms with Crippen molar-refractivity contribution in [1.82, 2.24) is 24.5 Å². The van der Waals surface area contributed by atoms with Crippen molar-refractivity contribution in [3.8, 4) is 5.75 Å². The van der Waals surface area contributed by atoms with Crippen LogP contribution in [0.5, 0.6) is 5.75 Å². The average molecular weight is 443 g/mol. The molecule has 0 aliphatic carbocycles. The normalized spacial score (nSPS) is 10.9. The standard InChI is InChI=1S/C18H18Cl3N5O2/c1-3-26-16(14(21)9-22-26)10-24(2)18(27)15-6-7-25(23-15)11-28-17-5-4-12(19)8-13(17)20/h4-9H,3,10-11H2,1-2H3. The summed E-state index contributed by atoms with van der Waals surface area (Å²) >= 11 is 18.1. The number of carbonyl (C=O) groups excluding carboxylic acids is 1. The molecule has 0 spiro atoms. The Morgan fingerprint density at radius 1 is 1.21 bits per heavy atom. The first-order valence-corrected chi connectivity index (χ1v) is 9.59. The van der Waals surface area contributed by atoms with Crippen LogP contribution in [-0.2, 0) is 19.8 Å². The number of ether oxygens (including phenoxy) is 1. The summed E-state index contributed by atoms with van der Waals surface area (Å²) in [6.07, 6.45) is 3.24. The van der Waals surface area contributed by atoms with Crippen molar-refractivity contribution in [3.63, 3.8) is 0 Å². The Bertz CT molecular complexity index is 986. The second-order valence-electron chi connectivity index (χ2n) is 6.00. The van der Waals surface area contributed by atoms with E-state index in [1.807, 2.05) is 6.92 Å². The van der Waals surface area contributed by atoms with Gasteiger partial charge in [0.05, 0.1) is 28.5 Å². The summed E-state index contributed by atoms with van der Waals surface area (Å²) in [6, 6.07) is 6.58. The molecular formula is C18H18Cl3N5O2. The van der Waals surface area contributed by atoms with Gasteiger partial charge in [-0.15, -0.1) is 0 Å². The zero-order chi connectivity index (χ0) is 20.3. The molecule has 3 rings (SSSR count). The number of benzene rings is 1. The lowest BCUT2D eigenvalue weighted by molar-refractivity contribution is 0.0773. The molecule has 7 nitrogen and oxygen atoms in total. The number of halogens is 3. The monoisotopic (exact) mass is 441 g/mol. The van der Waals surface area contributed by atoms with Gasteiger partial charge in [0.2, 0.25) is 0 Å². The van der Waals surface area contributed by atoms with Gasteiger partial charge in [0.25, 0.3) is 5.91 Å². The molecule has 0 unspecified atom stereocenters. The fourth-order valence-electron chi connectivity index (χ4n) is 2.59. The minimum absolute atomic E-state index is 0.104. The minimum Gasteiger partial charge on any atom is -0.470 e. The van der Waals surface area contributed by atoms with Gasteiger partial charge in [0.15, 0.2) is 12.4 Å². The van der Waals surface area contributed by atoms with Crippen LogP contribution in [0, 0.1) is 0 Å². The summed E-state index contributed by atoms with van der Waals surface area (Å²) in [5, 5.41) is 9.90. The summed E-state index contributed by atoms with van der Waals surface area (Å²) < 4.78 is 8.89. The van der Waals surface area contributed by atoms with Crippen LogP contribution in [0.25, 0.3) is 0 Å². The van der Waals surface area contributed by atoms with Crippen molar-refractivity contribution in [2.75, 3.05) is 7.05 Å². The van der Waals surface area contributed by atoms with Crippen molar-refractivity contribution in [3.05, 3.63) is 63.1 Å². The first kappa shape index (κ1) is 20.5. The van der Waals surface area contributed by atoms with Gasteiger partial charge in [-0.3, -0.25) is 9.48 Å². The molecule has 28 heavy (non-hydrogen) atoms. The predicted molar refractivity (Wildman–Crippen MR) is 108 cm³/mol. The highest BCUT2D eigenvalue weighted by atomic mass is 35.5. The summed E-state index contributed by atoms with van der Waals surface area (Å²) in [5.41, 5.74) is 1.08. The lowest BCUT2D eigenvalue weighted by Crippen LogP contribution is -2.28. The van der Waals surface area contributed by atoms with E-state index >= 15 is 0 Å². The third kappa shape index (κ3) is 4.60. The number of rotatable bonds is 7. The molecule has 1 aromatic carbocycles. The topological polar surface area (TPSA) is 65.2 Å². The summed E-state index contributed by atoms with van der Waals surface area (Å²) in [4.78, 5) is 14.2. The van der Waals surface area contributed by atoms with Crippen molar-refractivity contribution >= 4 is 40.7 Å². The second-order valence-corrected chi connectivity index (χ2v) is 7.26. The molecular weight excluding hydrogens is 425 g/mol. The molecule has 148 valence electrons. The highest BCUT2D eigenvalue weighted by Crippen LogP contribution is 2.27. The number of aromatic nitrogens is 4. The molecule has 0 atom stereocenters. The van der Waals surface area contributed by atoms with E-state index in [0.717, 1.165) is 5.69 Å². The maximum absolute atomic E-state index is 12.7. The molecule has 10 heteroatoms. The number of nitrogens with zero attached hydrogens (tertiary/aromatic N) is 5. The van der Waals surface area contributed by atoms with E-state index < -0.39 is 0 Å². The molecule has 0 radical (unpaired) electrons. The number of hydrogen-bond donors (Lipinski definition) is 0. The predicted octanol–water partition coefficient (Wildman–Crippen LogP) is 4.37. The molecule has 1 amide bonds. The van der Waals surface area contributed by atoms with Crippen molar-refractivity contribution in [2.45, 2.75) is 26.7 Å². The summed E-state index contributed by atoms with van der Waals surface area (Å²) in [7, 11) is 1.69. The highest BCUT2D eigenvalue weighted by molar-refractivity contribution is 6.35. The van der Waals surface area contributed by atoms with Crippen LogP contribution in [0.2, 0.25) is 15.1 Å². The van der Waals surface area contributed by atoms with E-state index in [4.69, 9.17) is 39.5 Å². The Hall–Kier alpha value is -2.22. The lowest BCUT2D eigenvalue weighted by Gasteiger charge is -2.17. The zero-order valence-corrected chi connectivity index (χ0v) is 17.5. The van der Waals surface area contributed by atoms with Crippen molar-refractivity contribution < 1.29 is 9.53 Å². The van der Waals surface area contributed by atoms with Gasteiger partial charge in [-0.05, 0) is 31.2 Å². The van der Waals surface area contributed by atoms with Gasteiger partial charge >= 0.3 is 0 Å². The van der Waals surface area contributed by atoms with Crippen LogP contribution >= 0.6 is 34.8 Å². The van der Waals surface area contributed by atoms with Crippen LogP contribution in [-0.4, -0.2) is 37.4 Å². The van der Waals surface area contributed by atoms with Crippen LogP contribution in [0.3, 0.4) is 0 Å². The lowest BCUT2D eigenvalue weighted by atomic mass is 10.3. The largest absolute Gasteiger partial charge is 0.470 e. The number of hydrogen-bond acceptors (Lipinski definition) is 4. The Balaban J connectivity index is 1.64. The number of carbonyl (C=O) groups is 1. The van der Waals surface area contributed by atoms with E-state index in [1.165, 1.54) is 4.68 Å². The van der Waals surface area contributed by atoms with E-state index in [2.05, 4.69) is 10.2 Å². The first-order chi connectivity index (χ1) is 13.4. The molecule has 0 saturated heterocycles. The Labute approximate surface area is 177 Å². The van der Waals surface area contributed by atoms with Gasteiger partial charge < -0.3 is 9.64 Å². The third-order valence-electron chi connectivity index (χ3n) is 4.04. The van der Waals surface area contributed by atoms with E-state index in [-0.39, 0.29) is 12.6 Å². The summed E-state index contributed by atoms with van der Waals surface area (Å²) in [5.74, 6) is 0.247. The van der Waals surface area contributed by atoms with Gasteiger partial charge in [0, 0.05) is 24.8 Å². The van der Waals surface area contributed by atoms with Gasteiger partial charge in [-0.25, -0.2) is 4.68 Å². The van der Waals surface area contributed by atoms with E-state index in [0.29, 0.717) is 39.6 Å². The molecule has 3 aromatic rings. The van der Waals surface area contributed by atoms with Crippen molar-refractivity contribution in [2.24, 2.45) is 0 Å². The molecule has 2 aromatic heterocycles. The Morgan fingerprint density at radius 2 is 2.00 bits per heavy atom. The minimum atomic E-state index is -0.233. The average Bonchev–Trinajstić information content (AvgIpc) is 3.27. The smallest absolute Gasteiger partial charge is 0.274 e. The fourth-order valence-corrected chi connectivity index (χ4v) is 3.25. The summed E-state index contributed by atoms with van der Waals surface area (Å²) in [6.45, 7) is 3.06. The quantitative estimate of drug-likeness (QED) is 0.545. The van der Waals surface area contributed by atoms with Crippen molar-refractivity contribution in [1.29, 1.82) is 0 Å². The van der Waals surface area contributed by atoms with Crippen LogP contribution < -0.4 is 4.74 Å². The maximum Gasteiger partial charge on any atom is 0.274 e. The van der Waals surface area contributed by atoms with E-state index in [9.17, 15) is 4.79 Å². The number of amides is 1. The molecule has 2 heterocycles. The molecule has 0 N–H and O–H groups in total. The molecule has 0 bridgehead atoms. The second kappa shape index (κ2) is 8.86. The van der Waals surface area contributed by atoms with Gasteiger partial charge in [-0.2, -0.15) is 10.2 Å². The van der Waals surface area contributed by atoms with Crippen LogP contribution in [0.4, 0.5) is 0 Å². The van der Waals surface area contributed by atoms with Gasteiger partial charge in [-0.1, -0.05) is 34.8 Å². The molecule has 0 aliphatic heterocycles. The van der Waals surface area contributed by atoms with Gasteiger partial charge in [0.1, 0.15) is 5.75 Å². The highest BCUT2D eigenvalue weighted by Gasteiger charge is 2.18. The molecule has 0 saturated carbocycles. The van der Waals surface area contributed by atoms with Crippen LogP contribution in [0.15, 0.2) is 36.7 Å². The van der Waals surface area contributed by atoms with Crippen LogP contribution in [0.1, 0.15) is 23.1 Å². The maximum atomic E-state index is 12.7. The number of aryl methyl sites for hydroxylation is 1. The third-order valence-corrected chi connectivity index (χ3v) is 4.88. The van der Waals surface area contributed by atoms with E-state index in [1.54, 1.807) is 53.3 Å². The Kier molecular flexibility index (Phi) is 6.49. The first-order valence-electron chi connectivity index (χ1n) is 8.46.